The summed E-state index contributed by atoms with van der Waals surface area (Å²) in [5.74, 6) is -1.40. The lowest BCUT2D eigenvalue weighted by Gasteiger charge is -2.30. The van der Waals surface area contributed by atoms with E-state index in [1.807, 2.05) is 0 Å². The lowest BCUT2D eigenvalue weighted by Crippen LogP contribution is -2.54. The lowest BCUT2D eigenvalue weighted by atomic mass is 10.0. The molecule has 0 aromatic rings. The molecule has 2 aliphatic rings. The van der Waals surface area contributed by atoms with Gasteiger partial charge < -0.3 is 9.47 Å². The number of carbonyl (C=O) groups is 4. The summed E-state index contributed by atoms with van der Waals surface area (Å²) >= 11 is 23.4. The maximum atomic E-state index is 11.9. The Labute approximate surface area is 150 Å². The molecular formula is C11H10Cl4N2O6. The van der Waals surface area contributed by atoms with Crippen LogP contribution in [0.5, 0.6) is 0 Å². The first-order valence-corrected chi connectivity index (χ1v) is 7.75. The number of amides is 4. The molecule has 0 saturated carbocycles. The van der Waals surface area contributed by atoms with Gasteiger partial charge in [0.15, 0.2) is 17.7 Å². The van der Waals surface area contributed by atoms with Gasteiger partial charge >= 0.3 is 12.2 Å². The fraction of sp³-hybridized carbons (Fsp3) is 0.636. The highest BCUT2D eigenvalue weighted by Gasteiger charge is 2.61. The molecule has 0 radical (unpaired) electrons. The molecule has 4 atom stereocenters. The van der Waals surface area contributed by atoms with E-state index in [4.69, 9.17) is 55.9 Å². The van der Waals surface area contributed by atoms with Crippen molar-refractivity contribution in [2.75, 3.05) is 0 Å². The van der Waals surface area contributed by atoms with E-state index in [-0.39, 0.29) is 0 Å². The molecule has 0 spiro atoms. The fourth-order valence-corrected chi connectivity index (χ4v) is 3.36. The summed E-state index contributed by atoms with van der Waals surface area (Å²) in [6.07, 6.45) is -4.85. The zero-order chi connectivity index (χ0) is 17.7. The van der Waals surface area contributed by atoms with Crippen molar-refractivity contribution in [3.8, 4) is 0 Å². The molecule has 0 aromatic heterocycles. The van der Waals surface area contributed by atoms with E-state index < -0.39 is 51.5 Å². The SMILES string of the molecule is CC(=O)N1C(=O)O[C@@H](C(Cl)(Cl)Cl)[C@@H]1[C@H]1OC(=O)N(C(C)=O)[C@@H]1Cl. The van der Waals surface area contributed by atoms with Crippen LogP contribution in [0.2, 0.25) is 0 Å². The molecule has 0 N–H and O–H groups in total. The number of alkyl halides is 4. The Hall–Kier alpha value is -0.960. The van der Waals surface area contributed by atoms with Gasteiger partial charge in [0.25, 0.3) is 0 Å². The van der Waals surface area contributed by atoms with Crippen molar-refractivity contribution >= 4 is 70.4 Å². The van der Waals surface area contributed by atoms with Gasteiger partial charge in [-0.3, -0.25) is 9.59 Å². The van der Waals surface area contributed by atoms with Crippen molar-refractivity contribution < 1.29 is 28.7 Å². The van der Waals surface area contributed by atoms with Crippen molar-refractivity contribution in [3.63, 3.8) is 0 Å². The number of ether oxygens (including phenoxy) is 2. The van der Waals surface area contributed by atoms with Crippen molar-refractivity contribution in [2.45, 2.75) is 41.4 Å². The van der Waals surface area contributed by atoms with Crippen LogP contribution in [0.1, 0.15) is 13.8 Å². The summed E-state index contributed by atoms with van der Waals surface area (Å²) in [7, 11) is 0. The monoisotopic (exact) mass is 406 g/mol. The Morgan fingerprint density at radius 2 is 1.48 bits per heavy atom. The molecule has 2 heterocycles. The first-order valence-electron chi connectivity index (χ1n) is 6.18. The minimum atomic E-state index is -2.11. The first kappa shape index (κ1) is 18.4. The van der Waals surface area contributed by atoms with Crippen LogP contribution in [0, 0.1) is 0 Å². The third-order valence-electron chi connectivity index (χ3n) is 3.32. The van der Waals surface area contributed by atoms with Crippen molar-refractivity contribution in [1.82, 2.24) is 9.80 Å². The highest BCUT2D eigenvalue weighted by Crippen LogP contribution is 2.43. The first-order chi connectivity index (χ1) is 10.5. The molecule has 4 amide bonds. The van der Waals surface area contributed by atoms with Crippen LogP contribution < -0.4 is 0 Å². The largest absolute Gasteiger partial charge is 0.440 e. The second kappa shape index (κ2) is 6.16. The summed E-state index contributed by atoms with van der Waals surface area (Å²) in [4.78, 5) is 48.1. The molecular weight excluding hydrogens is 398 g/mol. The predicted molar refractivity (Wildman–Crippen MR) is 79.3 cm³/mol. The van der Waals surface area contributed by atoms with E-state index in [1.165, 1.54) is 0 Å². The third kappa shape index (κ3) is 3.17. The Kier molecular flexibility index (Phi) is 4.92. The Morgan fingerprint density at radius 1 is 1.00 bits per heavy atom. The smallest absolute Gasteiger partial charge is 0.418 e. The van der Waals surface area contributed by atoms with Gasteiger partial charge in [-0.05, 0) is 0 Å². The molecule has 23 heavy (non-hydrogen) atoms. The van der Waals surface area contributed by atoms with Crippen LogP contribution in [0.15, 0.2) is 0 Å². The summed E-state index contributed by atoms with van der Waals surface area (Å²) in [5.41, 5.74) is -1.31. The third-order valence-corrected chi connectivity index (χ3v) is 4.41. The number of hydrogen-bond acceptors (Lipinski definition) is 6. The minimum Gasteiger partial charge on any atom is -0.440 e. The quantitative estimate of drug-likeness (QED) is 0.487. The van der Waals surface area contributed by atoms with Crippen LogP contribution in [-0.2, 0) is 19.1 Å². The summed E-state index contributed by atoms with van der Waals surface area (Å²) in [5, 5.41) is 0. The average molecular weight is 408 g/mol. The topological polar surface area (TPSA) is 93.2 Å². The summed E-state index contributed by atoms with van der Waals surface area (Å²) < 4.78 is 7.82. The van der Waals surface area contributed by atoms with E-state index in [2.05, 4.69) is 0 Å². The van der Waals surface area contributed by atoms with Gasteiger partial charge in [-0.1, -0.05) is 46.4 Å². The highest BCUT2D eigenvalue weighted by atomic mass is 35.6. The molecule has 0 bridgehead atoms. The zero-order valence-electron chi connectivity index (χ0n) is 11.7. The molecule has 2 saturated heterocycles. The molecule has 0 aliphatic carbocycles. The van der Waals surface area contributed by atoms with Gasteiger partial charge in [0, 0.05) is 13.8 Å². The van der Waals surface area contributed by atoms with Gasteiger partial charge in [-0.2, -0.15) is 0 Å². The lowest BCUT2D eigenvalue weighted by molar-refractivity contribution is -0.128. The van der Waals surface area contributed by atoms with Gasteiger partial charge in [-0.15, -0.1) is 0 Å². The highest BCUT2D eigenvalue weighted by molar-refractivity contribution is 6.68. The summed E-state index contributed by atoms with van der Waals surface area (Å²) in [6.45, 7) is 2.18. The minimum absolute atomic E-state index is 0.628. The van der Waals surface area contributed by atoms with Gasteiger partial charge in [0.2, 0.25) is 15.6 Å². The van der Waals surface area contributed by atoms with Crippen LogP contribution in [0.4, 0.5) is 9.59 Å². The average Bonchev–Trinajstić information content (AvgIpc) is 2.85. The normalized spacial score (nSPS) is 31.2. The Balaban J connectivity index is 2.43. The van der Waals surface area contributed by atoms with Crippen LogP contribution in [0.3, 0.4) is 0 Å². The number of imide groups is 2. The predicted octanol–water partition coefficient (Wildman–Crippen LogP) is 2.02. The summed E-state index contributed by atoms with van der Waals surface area (Å²) in [6, 6.07) is -1.30. The molecule has 12 heteroatoms. The van der Waals surface area contributed by atoms with E-state index in [0.717, 1.165) is 13.8 Å². The van der Waals surface area contributed by atoms with E-state index in [1.54, 1.807) is 0 Å². The van der Waals surface area contributed by atoms with E-state index in [0.29, 0.717) is 9.80 Å². The number of halogens is 4. The molecule has 128 valence electrons. The number of carbonyl (C=O) groups excluding carboxylic acids is 4. The number of cyclic esters (lactones) is 2. The van der Waals surface area contributed by atoms with Crippen LogP contribution in [-0.4, -0.2) is 61.3 Å². The molecule has 8 nitrogen and oxygen atoms in total. The van der Waals surface area contributed by atoms with Crippen molar-refractivity contribution in [3.05, 3.63) is 0 Å². The van der Waals surface area contributed by atoms with Crippen LogP contribution >= 0.6 is 46.4 Å². The van der Waals surface area contributed by atoms with Gasteiger partial charge in [-0.25, -0.2) is 19.4 Å². The second-order valence-corrected chi connectivity index (χ2v) is 7.65. The van der Waals surface area contributed by atoms with Gasteiger partial charge in [0.1, 0.15) is 6.04 Å². The maximum Gasteiger partial charge on any atom is 0.418 e. The number of nitrogens with zero attached hydrogens (tertiary/aromatic N) is 2. The maximum absolute atomic E-state index is 11.9. The van der Waals surface area contributed by atoms with Gasteiger partial charge in [0.05, 0.1) is 0 Å². The Bertz CT molecular complexity index is 579. The van der Waals surface area contributed by atoms with Crippen molar-refractivity contribution in [1.29, 1.82) is 0 Å². The zero-order valence-corrected chi connectivity index (χ0v) is 14.7. The molecule has 2 aliphatic heterocycles. The van der Waals surface area contributed by atoms with E-state index in [9.17, 15) is 19.2 Å². The molecule has 2 fully saturated rings. The van der Waals surface area contributed by atoms with Crippen LogP contribution in [0.25, 0.3) is 0 Å². The fourth-order valence-electron chi connectivity index (χ4n) is 2.42. The van der Waals surface area contributed by atoms with Crippen molar-refractivity contribution in [2.24, 2.45) is 0 Å². The molecule has 0 unspecified atom stereocenters. The standard InChI is InChI=1S/C11H10Cl4N2O6/c1-3(18)16-5(7(11(13,14)15)23-9(16)20)6-8(12)17(4(2)19)10(21)22-6/h5-8H,1-2H3/t5-,6+,7+,8-/m0/s1. The Morgan fingerprint density at radius 3 is 1.87 bits per heavy atom. The molecule has 2 rings (SSSR count). The molecule has 0 aromatic carbocycles. The van der Waals surface area contributed by atoms with E-state index >= 15 is 0 Å². The number of rotatable bonds is 1. The number of hydrogen-bond donors (Lipinski definition) is 0. The second-order valence-electron chi connectivity index (χ2n) is 4.84.